The van der Waals surface area contributed by atoms with E-state index in [0.29, 0.717) is 0 Å². The summed E-state index contributed by atoms with van der Waals surface area (Å²) in [6.07, 6.45) is 0. The van der Waals surface area contributed by atoms with Gasteiger partial charge in [0.1, 0.15) is 5.75 Å². The third-order valence-electron chi connectivity index (χ3n) is 2.57. The van der Waals surface area contributed by atoms with Crippen LogP contribution in [0.3, 0.4) is 0 Å². The fourth-order valence-electron chi connectivity index (χ4n) is 1.94. The second kappa shape index (κ2) is 4.18. The molecule has 0 bridgehead atoms. The van der Waals surface area contributed by atoms with E-state index in [9.17, 15) is 0 Å². The lowest BCUT2D eigenvalue weighted by molar-refractivity contribution is 0.416. The van der Waals surface area contributed by atoms with Crippen LogP contribution in [0.2, 0.25) is 0 Å². The first-order valence-corrected chi connectivity index (χ1v) is 5.99. The summed E-state index contributed by atoms with van der Waals surface area (Å²) in [7, 11) is 1.70. The van der Waals surface area contributed by atoms with Crippen molar-refractivity contribution in [2.45, 2.75) is 13.8 Å². The van der Waals surface area contributed by atoms with Gasteiger partial charge in [-0.15, -0.1) is 11.3 Å². The molecule has 0 fully saturated rings. The summed E-state index contributed by atoms with van der Waals surface area (Å²) in [5.74, 6) is 0.912. The van der Waals surface area contributed by atoms with Gasteiger partial charge in [-0.05, 0) is 42.7 Å². The Bertz CT molecular complexity index is 517. The third-order valence-corrected chi connectivity index (χ3v) is 3.33. The minimum absolute atomic E-state index is 0.831. The van der Waals surface area contributed by atoms with Crippen molar-refractivity contribution in [3.63, 3.8) is 0 Å². The molecule has 0 atom stereocenters. The lowest BCUT2D eigenvalue weighted by Crippen LogP contribution is -1.91. The van der Waals surface area contributed by atoms with Crippen LogP contribution in [-0.4, -0.2) is 7.11 Å². The van der Waals surface area contributed by atoms with Crippen molar-refractivity contribution < 1.29 is 4.74 Å². The Morgan fingerprint density at radius 3 is 2.50 bits per heavy atom. The van der Waals surface area contributed by atoms with E-state index in [2.05, 4.69) is 31.4 Å². The molecule has 3 heteroatoms. The second-order valence-electron chi connectivity index (χ2n) is 3.90. The molecule has 0 aliphatic heterocycles. The van der Waals surface area contributed by atoms with E-state index in [0.717, 1.165) is 21.9 Å². The molecule has 1 aromatic carbocycles. The van der Waals surface area contributed by atoms with Crippen LogP contribution < -0.4 is 10.5 Å². The molecule has 1 heterocycles. The molecule has 1 aromatic heterocycles. The molecule has 0 aliphatic rings. The fourth-order valence-corrected chi connectivity index (χ4v) is 2.59. The second-order valence-corrected chi connectivity index (χ2v) is 4.84. The summed E-state index contributed by atoms with van der Waals surface area (Å²) in [6, 6.07) is 6.20. The first-order chi connectivity index (χ1) is 7.61. The number of rotatable bonds is 2. The highest BCUT2D eigenvalue weighted by Crippen LogP contribution is 2.37. The van der Waals surface area contributed by atoms with Crippen LogP contribution in [0.1, 0.15) is 11.1 Å². The Labute approximate surface area is 99.7 Å². The maximum absolute atomic E-state index is 5.77. The van der Waals surface area contributed by atoms with Gasteiger partial charge >= 0.3 is 0 Å². The number of thiophene rings is 1. The molecule has 2 N–H and O–H groups in total. The van der Waals surface area contributed by atoms with Gasteiger partial charge in [0.2, 0.25) is 0 Å². The van der Waals surface area contributed by atoms with Crippen LogP contribution >= 0.6 is 11.3 Å². The van der Waals surface area contributed by atoms with Crippen LogP contribution in [0, 0.1) is 13.8 Å². The minimum Gasteiger partial charge on any atom is -0.496 e. The zero-order valence-corrected chi connectivity index (χ0v) is 10.5. The average Bonchev–Trinajstić information content (AvgIpc) is 2.63. The highest BCUT2D eigenvalue weighted by atomic mass is 32.1. The van der Waals surface area contributed by atoms with Crippen LogP contribution in [0.4, 0.5) is 5.00 Å². The van der Waals surface area contributed by atoms with E-state index in [4.69, 9.17) is 10.5 Å². The number of nitrogen functional groups attached to an aromatic ring is 1. The number of hydrogen-bond donors (Lipinski definition) is 1. The Balaban J connectivity index is 2.63. The van der Waals surface area contributed by atoms with Gasteiger partial charge in [0, 0.05) is 10.9 Å². The SMILES string of the molecule is COc1cc(C)cc(C)c1-c1csc(N)c1. The van der Waals surface area contributed by atoms with Crippen molar-refractivity contribution in [1.82, 2.24) is 0 Å². The van der Waals surface area contributed by atoms with Crippen molar-refractivity contribution in [2.24, 2.45) is 0 Å². The highest BCUT2D eigenvalue weighted by molar-refractivity contribution is 7.14. The van der Waals surface area contributed by atoms with Crippen LogP contribution in [-0.2, 0) is 0 Å². The summed E-state index contributed by atoms with van der Waals surface area (Å²) in [5, 5.41) is 2.90. The largest absolute Gasteiger partial charge is 0.496 e. The molecule has 0 saturated heterocycles. The Kier molecular flexibility index (Phi) is 2.88. The summed E-state index contributed by atoms with van der Waals surface area (Å²) in [6.45, 7) is 4.17. The van der Waals surface area contributed by atoms with E-state index < -0.39 is 0 Å². The van der Waals surface area contributed by atoms with Crippen LogP contribution in [0.15, 0.2) is 23.6 Å². The van der Waals surface area contributed by atoms with Gasteiger partial charge in [-0.1, -0.05) is 6.07 Å². The summed E-state index contributed by atoms with van der Waals surface area (Å²) < 4.78 is 5.43. The lowest BCUT2D eigenvalue weighted by Gasteiger charge is -2.11. The minimum atomic E-state index is 0.831. The molecule has 2 rings (SSSR count). The van der Waals surface area contributed by atoms with Gasteiger partial charge in [0.15, 0.2) is 0 Å². The van der Waals surface area contributed by atoms with Crippen LogP contribution in [0.5, 0.6) is 5.75 Å². The molecular formula is C13H15NOS. The maximum Gasteiger partial charge on any atom is 0.127 e. The Morgan fingerprint density at radius 1 is 1.19 bits per heavy atom. The van der Waals surface area contributed by atoms with Gasteiger partial charge in [0.25, 0.3) is 0 Å². The molecule has 0 aliphatic carbocycles. The van der Waals surface area contributed by atoms with Crippen molar-refractivity contribution in [3.05, 3.63) is 34.7 Å². The van der Waals surface area contributed by atoms with Crippen molar-refractivity contribution in [3.8, 4) is 16.9 Å². The molecule has 0 unspecified atom stereocenters. The summed E-state index contributed by atoms with van der Waals surface area (Å²) in [5.41, 5.74) is 10.5. The van der Waals surface area contributed by atoms with Gasteiger partial charge < -0.3 is 10.5 Å². The first-order valence-electron chi connectivity index (χ1n) is 5.11. The maximum atomic E-state index is 5.77. The van der Waals surface area contributed by atoms with Crippen LogP contribution in [0.25, 0.3) is 11.1 Å². The van der Waals surface area contributed by atoms with E-state index in [1.807, 2.05) is 6.07 Å². The topological polar surface area (TPSA) is 35.2 Å². The standard InChI is InChI=1S/C13H15NOS/c1-8-4-9(2)13(11(5-8)15-3)10-6-12(14)16-7-10/h4-7H,14H2,1-3H3. The number of nitrogens with two attached hydrogens (primary N) is 1. The molecule has 0 amide bonds. The number of benzene rings is 1. The average molecular weight is 233 g/mol. The fraction of sp³-hybridized carbons (Fsp3) is 0.231. The molecule has 0 spiro atoms. The summed E-state index contributed by atoms with van der Waals surface area (Å²) in [4.78, 5) is 0. The number of methoxy groups -OCH3 is 1. The third kappa shape index (κ3) is 1.91. The molecule has 16 heavy (non-hydrogen) atoms. The molecule has 0 radical (unpaired) electrons. The molecule has 2 nitrogen and oxygen atoms in total. The molecule has 0 saturated carbocycles. The number of ether oxygens (including phenoxy) is 1. The zero-order valence-electron chi connectivity index (χ0n) is 9.70. The molecular weight excluding hydrogens is 218 g/mol. The number of aryl methyl sites for hydroxylation is 2. The van der Waals surface area contributed by atoms with Crippen molar-refractivity contribution >= 4 is 16.3 Å². The van der Waals surface area contributed by atoms with Crippen molar-refractivity contribution in [2.75, 3.05) is 12.8 Å². The molecule has 2 aromatic rings. The Morgan fingerprint density at radius 2 is 1.94 bits per heavy atom. The number of hydrogen-bond acceptors (Lipinski definition) is 3. The predicted octanol–water partition coefficient (Wildman–Crippen LogP) is 3.62. The van der Waals surface area contributed by atoms with Gasteiger partial charge in [0.05, 0.1) is 12.1 Å². The van der Waals surface area contributed by atoms with Crippen molar-refractivity contribution in [1.29, 1.82) is 0 Å². The summed E-state index contributed by atoms with van der Waals surface area (Å²) >= 11 is 1.55. The molecule has 84 valence electrons. The Hall–Kier alpha value is -1.48. The predicted molar refractivity (Wildman–Crippen MR) is 70.2 cm³/mol. The lowest BCUT2D eigenvalue weighted by atomic mass is 9.99. The first kappa shape index (κ1) is 11.0. The number of anilines is 1. The van der Waals surface area contributed by atoms with Gasteiger partial charge in [-0.3, -0.25) is 0 Å². The van der Waals surface area contributed by atoms with E-state index >= 15 is 0 Å². The smallest absolute Gasteiger partial charge is 0.127 e. The van der Waals surface area contributed by atoms with E-state index in [1.165, 1.54) is 11.1 Å². The zero-order chi connectivity index (χ0) is 11.7. The van der Waals surface area contributed by atoms with Gasteiger partial charge in [-0.2, -0.15) is 0 Å². The highest BCUT2D eigenvalue weighted by Gasteiger charge is 2.11. The normalized spacial score (nSPS) is 10.4. The quantitative estimate of drug-likeness (QED) is 0.859. The monoisotopic (exact) mass is 233 g/mol. The van der Waals surface area contributed by atoms with E-state index in [-0.39, 0.29) is 0 Å². The van der Waals surface area contributed by atoms with Gasteiger partial charge in [-0.25, -0.2) is 0 Å². The van der Waals surface area contributed by atoms with E-state index in [1.54, 1.807) is 18.4 Å².